The number of benzene rings is 2. The fourth-order valence-corrected chi connectivity index (χ4v) is 2.13. The number of halogens is 1. The second-order valence-electron chi connectivity index (χ2n) is 4.34. The molecule has 0 saturated carbocycles. The third kappa shape index (κ3) is 2.98. The van der Waals surface area contributed by atoms with Crippen LogP contribution in [-0.4, -0.2) is 7.05 Å². The first-order chi connectivity index (χ1) is 9.11. The molecule has 0 atom stereocenters. The lowest BCUT2D eigenvalue weighted by atomic mass is 10.1. The average Bonchev–Trinajstić information content (AvgIpc) is 2.42. The molecule has 96 valence electrons. The maximum Gasteiger partial charge on any atom is 0.0991 e. The van der Waals surface area contributed by atoms with E-state index in [0.717, 1.165) is 11.3 Å². The van der Waals surface area contributed by atoms with Gasteiger partial charge in [0.2, 0.25) is 0 Å². The summed E-state index contributed by atoms with van der Waals surface area (Å²) in [6.45, 7) is 0.667. The van der Waals surface area contributed by atoms with Gasteiger partial charge in [0.25, 0.3) is 0 Å². The normalized spacial score (nSPS) is 9.95. The van der Waals surface area contributed by atoms with Crippen molar-refractivity contribution in [2.24, 2.45) is 0 Å². The first kappa shape index (κ1) is 13.3. The highest BCUT2D eigenvalue weighted by molar-refractivity contribution is 6.33. The van der Waals surface area contributed by atoms with Crippen LogP contribution in [0.3, 0.4) is 0 Å². The van der Waals surface area contributed by atoms with Gasteiger partial charge in [0, 0.05) is 13.6 Å². The minimum atomic E-state index is 0.551. The number of hydrogen-bond acceptors (Lipinski definition) is 3. The maximum atomic E-state index is 8.89. The molecule has 0 bridgehead atoms. The van der Waals surface area contributed by atoms with Gasteiger partial charge in [0.15, 0.2) is 0 Å². The molecule has 0 aromatic heterocycles. The standard InChI is InChI=1S/C15H14ClN3/c1-19(14-7-3-6-13(16)15(14)18)10-12-5-2-4-11(8-12)9-17/h2-8H,10,18H2,1H3. The lowest BCUT2D eigenvalue weighted by molar-refractivity contribution is 0.924. The summed E-state index contributed by atoms with van der Waals surface area (Å²) in [6, 6.07) is 15.2. The Balaban J connectivity index is 2.23. The molecule has 0 heterocycles. The van der Waals surface area contributed by atoms with Gasteiger partial charge in [-0.3, -0.25) is 0 Å². The van der Waals surface area contributed by atoms with Gasteiger partial charge < -0.3 is 10.6 Å². The van der Waals surface area contributed by atoms with Crippen molar-refractivity contribution in [2.45, 2.75) is 6.54 Å². The molecule has 0 aliphatic carbocycles. The van der Waals surface area contributed by atoms with Crippen LogP contribution in [0.5, 0.6) is 0 Å². The van der Waals surface area contributed by atoms with E-state index in [2.05, 4.69) is 6.07 Å². The number of anilines is 2. The molecule has 0 amide bonds. The molecule has 2 aromatic carbocycles. The van der Waals surface area contributed by atoms with Crippen LogP contribution in [0.25, 0.3) is 0 Å². The molecule has 2 rings (SSSR count). The molecule has 0 unspecified atom stereocenters. The van der Waals surface area contributed by atoms with E-state index in [1.807, 2.05) is 42.3 Å². The third-order valence-corrected chi connectivity index (χ3v) is 3.25. The highest BCUT2D eigenvalue weighted by Gasteiger charge is 2.08. The fraction of sp³-hybridized carbons (Fsp3) is 0.133. The summed E-state index contributed by atoms with van der Waals surface area (Å²) in [5, 5.41) is 9.44. The molecule has 4 heteroatoms. The zero-order chi connectivity index (χ0) is 13.8. The summed E-state index contributed by atoms with van der Waals surface area (Å²) in [5.74, 6) is 0. The number of nitrogen functional groups attached to an aromatic ring is 1. The predicted molar refractivity (Wildman–Crippen MR) is 79.1 cm³/mol. The molecule has 0 radical (unpaired) electrons. The Labute approximate surface area is 117 Å². The second-order valence-corrected chi connectivity index (χ2v) is 4.75. The van der Waals surface area contributed by atoms with Gasteiger partial charge in [-0.2, -0.15) is 5.26 Å². The lowest BCUT2D eigenvalue weighted by Gasteiger charge is -2.21. The molecule has 0 saturated heterocycles. The summed E-state index contributed by atoms with van der Waals surface area (Å²) in [5.41, 5.74) is 9.14. The van der Waals surface area contributed by atoms with E-state index in [0.29, 0.717) is 22.8 Å². The highest BCUT2D eigenvalue weighted by atomic mass is 35.5. The number of nitriles is 1. The van der Waals surface area contributed by atoms with E-state index in [9.17, 15) is 0 Å². The lowest BCUT2D eigenvalue weighted by Crippen LogP contribution is -2.17. The molecular weight excluding hydrogens is 258 g/mol. The van der Waals surface area contributed by atoms with Crippen molar-refractivity contribution in [3.8, 4) is 6.07 Å². The summed E-state index contributed by atoms with van der Waals surface area (Å²) < 4.78 is 0. The van der Waals surface area contributed by atoms with Gasteiger partial charge in [-0.1, -0.05) is 29.8 Å². The van der Waals surface area contributed by atoms with E-state index in [1.165, 1.54) is 0 Å². The molecule has 3 nitrogen and oxygen atoms in total. The van der Waals surface area contributed by atoms with Gasteiger partial charge in [-0.15, -0.1) is 0 Å². The Morgan fingerprint density at radius 3 is 2.74 bits per heavy atom. The fourth-order valence-electron chi connectivity index (χ4n) is 1.96. The van der Waals surface area contributed by atoms with Gasteiger partial charge in [-0.05, 0) is 29.8 Å². The van der Waals surface area contributed by atoms with Crippen LogP contribution < -0.4 is 10.6 Å². The smallest absolute Gasteiger partial charge is 0.0991 e. The van der Waals surface area contributed by atoms with Crippen molar-refractivity contribution in [3.05, 3.63) is 58.6 Å². The van der Waals surface area contributed by atoms with Crippen LogP contribution >= 0.6 is 11.6 Å². The van der Waals surface area contributed by atoms with Crippen LogP contribution in [0.2, 0.25) is 5.02 Å². The monoisotopic (exact) mass is 271 g/mol. The predicted octanol–water partition coefficient (Wildman–Crippen LogP) is 3.43. The summed E-state index contributed by atoms with van der Waals surface area (Å²) >= 11 is 6.01. The van der Waals surface area contributed by atoms with Gasteiger partial charge in [0.1, 0.15) is 0 Å². The van der Waals surface area contributed by atoms with Crippen molar-refractivity contribution >= 4 is 23.0 Å². The zero-order valence-electron chi connectivity index (χ0n) is 10.6. The molecule has 2 aromatic rings. The van der Waals surface area contributed by atoms with E-state index in [-0.39, 0.29) is 0 Å². The largest absolute Gasteiger partial charge is 0.396 e. The van der Waals surface area contributed by atoms with Crippen LogP contribution in [0, 0.1) is 11.3 Å². The molecule has 0 aliphatic heterocycles. The van der Waals surface area contributed by atoms with Crippen LogP contribution in [0.4, 0.5) is 11.4 Å². The molecule has 0 fully saturated rings. The van der Waals surface area contributed by atoms with Gasteiger partial charge in [-0.25, -0.2) is 0 Å². The Kier molecular flexibility index (Phi) is 3.94. The van der Waals surface area contributed by atoms with Crippen LogP contribution in [0.1, 0.15) is 11.1 Å². The Bertz CT molecular complexity index is 632. The van der Waals surface area contributed by atoms with E-state index in [1.54, 1.807) is 12.1 Å². The molecule has 2 N–H and O–H groups in total. The number of para-hydroxylation sites is 1. The molecule has 0 spiro atoms. The number of nitrogens with two attached hydrogens (primary N) is 1. The van der Waals surface area contributed by atoms with Crippen molar-refractivity contribution in [1.29, 1.82) is 5.26 Å². The van der Waals surface area contributed by atoms with Crippen molar-refractivity contribution in [1.82, 2.24) is 0 Å². The topological polar surface area (TPSA) is 53.0 Å². The third-order valence-electron chi connectivity index (χ3n) is 2.92. The maximum absolute atomic E-state index is 8.89. The van der Waals surface area contributed by atoms with Crippen molar-refractivity contribution < 1.29 is 0 Å². The van der Waals surface area contributed by atoms with E-state index in [4.69, 9.17) is 22.6 Å². The van der Waals surface area contributed by atoms with Crippen LogP contribution in [-0.2, 0) is 6.54 Å². The first-order valence-corrected chi connectivity index (χ1v) is 6.24. The minimum absolute atomic E-state index is 0.551. The molecule has 19 heavy (non-hydrogen) atoms. The summed E-state index contributed by atoms with van der Waals surface area (Å²) in [4.78, 5) is 2.01. The SMILES string of the molecule is CN(Cc1cccc(C#N)c1)c1cccc(Cl)c1N. The summed E-state index contributed by atoms with van der Waals surface area (Å²) in [7, 11) is 1.95. The highest BCUT2D eigenvalue weighted by Crippen LogP contribution is 2.30. The van der Waals surface area contributed by atoms with Crippen molar-refractivity contribution in [2.75, 3.05) is 17.7 Å². The number of rotatable bonds is 3. The first-order valence-electron chi connectivity index (χ1n) is 5.86. The minimum Gasteiger partial charge on any atom is -0.396 e. The Morgan fingerprint density at radius 1 is 1.26 bits per heavy atom. The number of hydrogen-bond donors (Lipinski definition) is 1. The average molecular weight is 272 g/mol. The van der Waals surface area contributed by atoms with Crippen LogP contribution in [0.15, 0.2) is 42.5 Å². The zero-order valence-corrected chi connectivity index (χ0v) is 11.4. The van der Waals surface area contributed by atoms with Gasteiger partial charge in [0.05, 0.1) is 28.0 Å². The quantitative estimate of drug-likeness (QED) is 0.870. The Morgan fingerprint density at radius 2 is 2.00 bits per heavy atom. The number of nitrogens with zero attached hydrogens (tertiary/aromatic N) is 2. The molecular formula is C15H14ClN3. The summed E-state index contributed by atoms with van der Waals surface area (Å²) in [6.07, 6.45) is 0. The Hall–Kier alpha value is -2.18. The van der Waals surface area contributed by atoms with E-state index >= 15 is 0 Å². The van der Waals surface area contributed by atoms with Gasteiger partial charge >= 0.3 is 0 Å². The second kappa shape index (κ2) is 5.64. The molecule has 0 aliphatic rings. The van der Waals surface area contributed by atoms with E-state index < -0.39 is 0 Å². The van der Waals surface area contributed by atoms with Crippen molar-refractivity contribution in [3.63, 3.8) is 0 Å².